The van der Waals surface area contributed by atoms with Gasteiger partial charge in [-0.2, -0.15) is 0 Å². The largest absolute Gasteiger partial charge is 0.378 e. The number of anilines is 1. The normalized spacial score (nSPS) is 12.3. The average molecular weight is 408 g/mol. The van der Waals surface area contributed by atoms with Crippen molar-refractivity contribution in [1.29, 1.82) is 0 Å². The number of hydrogen-bond acceptors (Lipinski definition) is 1. The van der Waals surface area contributed by atoms with Gasteiger partial charge < -0.3 is 5.32 Å². The fourth-order valence-electron chi connectivity index (χ4n) is 1.77. The van der Waals surface area contributed by atoms with Crippen molar-refractivity contribution >= 4 is 49.1 Å². The van der Waals surface area contributed by atoms with E-state index in [1.165, 1.54) is 6.07 Å². The molecule has 2 aromatic carbocycles. The third-order valence-corrected chi connectivity index (χ3v) is 4.44. The molecule has 1 unspecified atom stereocenters. The molecular weight excluding hydrogens is 396 g/mol. The Balaban J connectivity index is 2.20. The maximum atomic E-state index is 13.8. The number of nitrogens with one attached hydrogen (secondary N) is 1. The van der Waals surface area contributed by atoms with Gasteiger partial charge in [0.2, 0.25) is 0 Å². The highest BCUT2D eigenvalue weighted by molar-refractivity contribution is 9.10. The van der Waals surface area contributed by atoms with Gasteiger partial charge in [0.25, 0.3) is 0 Å². The van der Waals surface area contributed by atoms with Crippen LogP contribution >= 0.6 is 43.5 Å². The molecule has 5 heteroatoms. The molecule has 1 N–H and O–H groups in total. The molecule has 1 nitrogen and oxygen atoms in total. The quantitative estimate of drug-likeness (QED) is 0.641. The first-order valence-electron chi connectivity index (χ1n) is 5.64. The van der Waals surface area contributed by atoms with E-state index in [1.54, 1.807) is 12.1 Å². The van der Waals surface area contributed by atoms with Gasteiger partial charge in [-0.25, -0.2) is 4.39 Å². The van der Waals surface area contributed by atoms with E-state index in [0.717, 1.165) is 14.6 Å². The summed E-state index contributed by atoms with van der Waals surface area (Å²) in [6, 6.07) is 10.4. The molecule has 1 atom stereocenters. The van der Waals surface area contributed by atoms with Gasteiger partial charge in [0.15, 0.2) is 0 Å². The monoisotopic (exact) mass is 405 g/mol. The topological polar surface area (TPSA) is 12.0 Å². The van der Waals surface area contributed by atoms with E-state index in [0.29, 0.717) is 10.6 Å². The van der Waals surface area contributed by atoms with E-state index >= 15 is 0 Å². The second kappa shape index (κ2) is 6.25. The van der Waals surface area contributed by atoms with E-state index in [-0.39, 0.29) is 11.9 Å². The molecule has 0 radical (unpaired) electrons. The molecule has 2 rings (SSSR count). The Morgan fingerprint density at radius 1 is 1.16 bits per heavy atom. The minimum Gasteiger partial charge on any atom is -0.378 e. The second-order valence-electron chi connectivity index (χ2n) is 4.16. The van der Waals surface area contributed by atoms with Crippen molar-refractivity contribution in [3.63, 3.8) is 0 Å². The van der Waals surface area contributed by atoms with Crippen LogP contribution < -0.4 is 5.32 Å². The Morgan fingerprint density at radius 3 is 2.53 bits per heavy atom. The lowest BCUT2D eigenvalue weighted by Crippen LogP contribution is -2.08. The molecule has 0 heterocycles. The van der Waals surface area contributed by atoms with Crippen molar-refractivity contribution in [3.05, 3.63) is 61.7 Å². The fraction of sp³-hybridized carbons (Fsp3) is 0.143. The molecule has 0 aromatic heterocycles. The zero-order valence-electron chi connectivity index (χ0n) is 10.1. The SMILES string of the molecule is CC(Nc1ccc(Cl)c(Br)c1)c1ccc(Br)cc1F. The third kappa shape index (κ3) is 3.71. The molecule has 0 saturated heterocycles. The van der Waals surface area contributed by atoms with Crippen molar-refractivity contribution < 1.29 is 4.39 Å². The minimum absolute atomic E-state index is 0.138. The molecule has 100 valence electrons. The summed E-state index contributed by atoms with van der Waals surface area (Å²) in [7, 11) is 0. The summed E-state index contributed by atoms with van der Waals surface area (Å²) in [5.74, 6) is -0.234. The molecule has 0 fully saturated rings. The summed E-state index contributed by atoms with van der Waals surface area (Å²) in [6.07, 6.45) is 0. The van der Waals surface area contributed by atoms with E-state index in [9.17, 15) is 4.39 Å². The van der Waals surface area contributed by atoms with E-state index in [4.69, 9.17) is 11.6 Å². The molecule has 19 heavy (non-hydrogen) atoms. The molecule has 0 bridgehead atoms. The van der Waals surface area contributed by atoms with Gasteiger partial charge in [-0.1, -0.05) is 33.6 Å². The maximum Gasteiger partial charge on any atom is 0.129 e. The molecule has 0 aliphatic heterocycles. The lowest BCUT2D eigenvalue weighted by molar-refractivity contribution is 0.599. The van der Waals surface area contributed by atoms with E-state index in [2.05, 4.69) is 37.2 Å². The van der Waals surface area contributed by atoms with Gasteiger partial charge in [-0.05, 0) is 53.2 Å². The first-order chi connectivity index (χ1) is 8.97. The molecular formula is C14H11Br2ClFN. The summed E-state index contributed by atoms with van der Waals surface area (Å²) in [5.41, 5.74) is 1.50. The van der Waals surface area contributed by atoms with Gasteiger partial charge in [0.1, 0.15) is 5.82 Å². The average Bonchev–Trinajstić information content (AvgIpc) is 2.33. The third-order valence-electron chi connectivity index (χ3n) is 2.73. The molecule has 0 aliphatic rings. The van der Waals surface area contributed by atoms with Gasteiger partial charge in [0.05, 0.1) is 11.1 Å². The standard InChI is InChI=1S/C14H11Br2ClFN/c1-8(11-4-2-9(15)6-14(11)18)19-10-3-5-13(17)12(16)7-10/h2-8,19H,1H3. The zero-order valence-corrected chi connectivity index (χ0v) is 14.0. The molecule has 0 spiro atoms. The van der Waals surface area contributed by atoms with Crippen LogP contribution in [0.3, 0.4) is 0 Å². The predicted molar refractivity (Wildman–Crippen MR) is 85.3 cm³/mol. The van der Waals surface area contributed by atoms with Gasteiger partial charge in [-0.15, -0.1) is 0 Å². The van der Waals surface area contributed by atoms with Crippen molar-refractivity contribution in [2.24, 2.45) is 0 Å². The number of rotatable bonds is 3. The van der Waals surface area contributed by atoms with Crippen LogP contribution in [0, 0.1) is 5.82 Å². The Kier molecular flexibility index (Phi) is 4.87. The van der Waals surface area contributed by atoms with E-state index in [1.807, 2.05) is 25.1 Å². The van der Waals surface area contributed by atoms with Crippen LogP contribution in [0.2, 0.25) is 5.02 Å². The summed E-state index contributed by atoms with van der Waals surface area (Å²) < 4.78 is 15.4. The molecule has 0 amide bonds. The van der Waals surface area contributed by atoms with E-state index < -0.39 is 0 Å². The minimum atomic E-state index is -0.234. The van der Waals surface area contributed by atoms with Crippen LogP contribution in [-0.2, 0) is 0 Å². The van der Waals surface area contributed by atoms with Crippen molar-refractivity contribution in [2.75, 3.05) is 5.32 Å². The van der Waals surface area contributed by atoms with Crippen LogP contribution in [0.1, 0.15) is 18.5 Å². The lowest BCUT2D eigenvalue weighted by atomic mass is 10.1. The predicted octanol–water partition coefficient (Wildman–Crippen LogP) is 6.18. The Hall–Kier alpha value is -0.580. The maximum absolute atomic E-state index is 13.8. The van der Waals surface area contributed by atoms with Crippen molar-refractivity contribution in [2.45, 2.75) is 13.0 Å². The summed E-state index contributed by atoms with van der Waals surface area (Å²) >= 11 is 12.5. The van der Waals surface area contributed by atoms with Gasteiger partial charge >= 0.3 is 0 Å². The fourth-order valence-corrected chi connectivity index (χ4v) is 2.60. The van der Waals surface area contributed by atoms with Crippen LogP contribution in [-0.4, -0.2) is 0 Å². The molecule has 2 aromatic rings. The van der Waals surface area contributed by atoms with Crippen LogP contribution in [0.25, 0.3) is 0 Å². The summed E-state index contributed by atoms with van der Waals surface area (Å²) in [5, 5.41) is 3.89. The van der Waals surface area contributed by atoms with Crippen LogP contribution in [0.5, 0.6) is 0 Å². The Morgan fingerprint density at radius 2 is 1.89 bits per heavy atom. The number of halogens is 4. The van der Waals surface area contributed by atoms with Gasteiger partial charge in [0, 0.05) is 20.2 Å². The first-order valence-corrected chi connectivity index (χ1v) is 7.60. The van der Waals surface area contributed by atoms with Gasteiger partial charge in [-0.3, -0.25) is 0 Å². The highest BCUT2D eigenvalue weighted by Gasteiger charge is 2.11. The highest BCUT2D eigenvalue weighted by Crippen LogP contribution is 2.29. The van der Waals surface area contributed by atoms with Crippen molar-refractivity contribution in [3.8, 4) is 0 Å². The second-order valence-corrected chi connectivity index (χ2v) is 6.34. The summed E-state index contributed by atoms with van der Waals surface area (Å²) in [4.78, 5) is 0. The van der Waals surface area contributed by atoms with Crippen LogP contribution in [0.4, 0.5) is 10.1 Å². The molecule has 0 saturated carbocycles. The zero-order chi connectivity index (χ0) is 14.0. The Bertz CT molecular complexity index is 604. The van der Waals surface area contributed by atoms with Crippen molar-refractivity contribution in [1.82, 2.24) is 0 Å². The number of hydrogen-bond donors (Lipinski definition) is 1. The summed E-state index contributed by atoms with van der Waals surface area (Å²) in [6.45, 7) is 1.91. The molecule has 0 aliphatic carbocycles. The van der Waals surface area contributed by atoms with Crippen LogP contribution in [0.15, 0.2) is 45.3 Å². The Labute approximate surface area is 133 Å². The lowest BCUT2D eigenvalue weighted by Gasteiger charge is -2.17. The highest BCUT2D eigenvalue weighted by atomic mass is 79.9. The number of benzene rings is 2. The smallest absolute Gasteiger partial charge is 0.129 e. The first kappa shape index (κ1) is 14.8.